The smallest absolute Gasteiger partial charge is 0.550 e. The van der Waals surface area contributed by atoms with Gasteiger partial charge in [0, 0.05) is 31.9 Å². The molecule has 0 amide bonds. The third kappa shape index (κ3) is 19.5. The summed E-state index contributed by atoms with van der Waals surface area (Å²) in [7, 11) is 0. The van der Waals surface area contributed by atoms with Gasteiger partial charge in [0.25, 0.3) is 0 Å². The summed E-state index contributed by atoms with van der Waals surface area (Å²) >= 11 is 0. The van der Waals surface area contributed by atoms with Crippen molar-refractivity contribution in [1.82, 2.24) is 4.90 Å². The minimum Gasteiger partial charge on any atom is -0.550 e. The minimum atomic E-state index is -1.05. The molecule has 0 aliphatic carbocycles. The van der Waals surface area contributed by atoms with E-state index in [2.05, 4.69) is 29.0 Å². The number of aliphatic imine (C=N–C) groups is 1. The van der Waals surface area contributed by atoms with E-state index < -0.39 is 5.97 Å². The van der Waals surface area contributed by atoms with E-state index in [1.54, 1.807) is 0 Å². The van der Waals surface area contributed by atoms with Crippen LogP contribution in [-0.2, 0) is 9.53 Å². The molecule has 0 radical (unpaired) electrons. The molecule has 0 aromatic rings. The van der Waals surface area contributed by atoms with Gasteiger partial charge in [-0.3, -0.25) is 4.99 Å². The Hall–Kier alpha value is 0.276. The molecule has 0 saturated carbocycles. The van der Waals surface area contributed by atoms with Crippen LogP contribution in [0, 0.1) is 0 Å². The van der Waals surface area contributed by atoms with Gasteiger partial charge < -0.3 is 19.5 Å². The van der Waals surface area contributed by atoms with Gasteiger partial charge in [0.15, 0.2) is 0 Å². The largest absolute Gasteiger partial charge is 1.00 e. The Balaban J connectivity index is 0.00000900. The van der Waals surface area contributed by atoms with Gasteiger partial charge in [0.05, 0.1) is 25.6 Å². The fourth-order valence-electron chi connectivity index (χ4n) is 3.79. The van der Waals surface area contributed by atoms with E-state index in [0.717, 1.165) is 26.1 Å². The summed E-state index contributed by atoms with van der Waals surface area (Å²) in [6.07, 6.45) is 23.0. The molecule has 0 aromatic heterocycles. The van der Waals surface area contributed by atoms with Crippen LogP contribution in [0.1, 0.15) is 103 Å². The molecular formula is C25H45KN2O3. The molecule has 0 atom stereocenters. The monoisotopic (exact) mass is 460 g/mol. The minimum absolute atomic E-state index is 0. The first-order chi connectivity index (χ1) is 14.7. The maximum atomic E-state index is 10.4. The molecule has 0 bridgehead atoms. The average molecular weight is 461 g/mol. The summed E-state index contributed by atoms with van der Waals surface area (Å²) in [4.78, 5) is 17.3. The van der Waals surface area contributed by atoms with Gasteiger partial charge in [-0.05, 0) is 32.1 Å². The van der Waals surface area contributed by atoms with E-state index in [1.807, 2.05) is 0 Å². The molecule has 1 aliphatic rings. The second kappa shape index (κ2) is 23.4. The second-order valence-electron chi connectivity index (χ2n) is 8.35. The van der Waals surface area contributed by atoms with Gasteiger partial charge in [-0.15, -0.1) is 0 Å². The number of aliphatic carboxylic acids is 1. The van der Waals surface area contributed by atoms with Crippen LogP contribution in [-0.4, -0.2) is 49.6 Å². The van der Waals surface area contributed by atoms with Crippen molar-refractivity contribution >= 4 is 11.8 Å². The molecule has 31 heavy (non-hydrogen) atoms. The van der Waals surface area contributed by atoms with E-state index >= 15 is 0 Å². The first-order valence-corrected chi connectivity index (χ1v) is 12.4. The number of hydrogen-bond donors (Lipinski definition) is 0. The number of rotatable bonds is 21. The molecule has 6 heteroatoms. The third-order valence-electron chi connectivity index (χ3n) is 5.65. The van der Waals surface area contributed by atoms with Crippen LogP contribution in [0.3, 0.4) is 0 Å². The van der Waals surface area contributed by atoms with Crippen molar-refractivity contribution in [2.45, 2.75) is 103 Å². The predicted molar refractivity (Wildman–Crippen MR) is 124 cm³/mol. The molecule has 1 rings (SSSR count). The number of carbonyl (C=O) groups is 1. The Labute approximate surface area is 233 Å². The van der Waals surface area contributed by atoms with Crippen molar-refractivity contribution < 1.29 is 66.0 Å². The summed E-state index contributed by atoms with van der Waals surface area (Å²) in [6.45, 7) is 5.70. The number of allylic oxidation sites excluding steroid dienone is 2. The molecular weight excluding hydrogens is 415 g/mol. The zero-order valence-corrected chi connectivity index (χ0v) is 23.5. The fourth-order valence-corrected chi connectivity index (χ4v) is 3.79. The van der Waals surface area contributed by atoms with Gasteiger partial charge >= 0.3 is 51.4 Å². The average Bonchev–Trinajstić information content (AvgIpc) is 3.17. The SMILES string of the molecule is CCCCCCCCC=CCCCCCCCC1=NCCN1CCOCCC(=O)[O-].[K+]. The Morgan fingerprint density at radius 2 is 1.58 bits per heavy atom. The first kappa shape index (κ1) is 31.3. The van der Waals surface area contributed by atoms with Crippen LogP contribution in [0.15, 0.2) is 17.1 Å². The third-order valence-corrected chi connectivity index (χ3v) is 5.65. The van der Waals surface area contributed by atoms with Crippen LogP contribution in [0.5, 0.6) is 0 Å². The number of amidine groups is 1. The summed E-state index contributed by atoms with van der Waals surface area (Å²) in [5, 5.41) is 10.4. The molecule has 0 saturated heterocycles. The molecule has 0 N–H and O–H groups in total. The summed E-state index contributed by atoms with van der Waals surface area (Å²) in [5.41, 5.74) is 0. The van der Waals surface area contributed by atoms with E-state index in [0.29, 0.717) is 6.61 Å². The molecule has 5 nitrogen and oxygen atoms in total. The van der Waals surface area contributed by atoms with Gasteiger partial charge in [-0.1, -0.05) is 70.4 Å². The summed E-state index contributed by atoms with van der Waals surface area (Å²) in [5.74, 6) is 0.152. The van der Waals surface area contributed by atoms with Crippen molar-refractivity contribution in [3.05, 3.63) is 12.2 Å². The summed E-state index contributed by atoms with van der Waals surface area (Å²) in [6, 6.07) is 0. The predicted octanol–water partition coefficient (Wildman–Crippen LogP) is 1.90. The Kier molecular flexibility index (Phi) is 23.6. The Morgan fingerprint density at radius 3 is 2.23 bits per heavy atom. The topological polar surface area (TPSA) is 65.0 Å². The first-order valence-electron chi connectivity index (χ1n) is 12.4. The second-order valence-corrected chi connectivity index (χ2v) is 8.35. The normalized spacial score (nSPS) is 13.6. The van der Waals surface area contributed by atoms with Gasteiger partial charge in [0.2, 0.25) is 0 Å². The van der Waals surface area contributed by atoms with Crippen molar-refractivity contribution in [3.8, 4) is 0 Å². The number of unbranched alkanes of at least 4 members (excludes halogenated alkanes) is 11. The fraction of sp³-hybridized carbons (Fsp3) is 0.840. The van der Waals surface area contributed by atoms with Crippen molar-refractivity contribution in [1.29, 1.82) is 0 Å². The number of ether oxygens (including phenoxy) is 1. The Morgan fingerprint density at radius 1 is 0.968 bits per heavy atom. The maximum Gasteiger partial charge on any atom is 1.00 e. The van der Waals surface area contributed by atoms with Gasteiger partial charge in [-0.2, -0.15) is 0 Å². The van der Waals surface area contributed by atoms with Crippen LogP contribution in [0.2, 0.25) is 0 Å². The van der Waals surface area contributed by atoms with Crippen LogP contribution >= 0.6 is 0 Å². The molecule has 0 unspecified atom stereocenters. The summed E-state index contributed by atoms with van der Waals surface area (Å²) < 4.78 is 5.36. The molecule has 1 aliphatic heterocycles. The van der Waals surface area contributed by atoms with Crippen LogP contribution < -0.4 is 56.5 Å². The number of carbonyl (C=O) groups excluding carboxylic acids is 1. The van der Waals surface area contributed by atoms with E-state index in [1.165, 1.54) is 89.3 Å². The molecule has 0 spiro atoms. The number of nitrogens with zero attached hydrogens (tertiary/aromatic N) is 2. The van der Waals surface area contributed by atoms with E-state index in [4.69, 9.17) is 4.74 Å². The van der Waals surface area contributed by atoms with Crippen LogP contribution in [0.25, 0.3) is 0 Å². The number of carboxylic acids is 1. The molecule has 174 valence electrons. The quantitative estimate of drug-likeness (QED) is 0.149. The van der Waals surface area contributed by atoms with Gasteiger partial charge in [-0.25, -0.2) is 0 Å². The van der Waals surface area contributed by atoms with Crippen LogP contribution in [0.4, 0.5) is 0 Å². The van der Waals surface area contributed by atoms with Crippen molar-refractivity contribution in [2.75, 3.05) is 32.8 Å². The van der Waals surface area contributed by atoms with E-state index in [9.17, 15) is 9.90 Å². The van der Waals surface area contributed by atoms with Crippen molar-refractivity contribution in [3.63, 3.8) is 0 Å². The Bertz CT molecular complexity index is 483. The molecule has 1 heterocycles. The zero-order chi connectivity index (χ0) is 21.7. The number of carboxylic acid groups (broad SMARTS) is 1. The van der Waals surface area contributed by atoms with Gasteiger partial charge in [0.1, 0.15) is 0 Å². The zero-order valence-electron chi connectivity index (χ0n) is 20.4. The van der Waals surface area contributed by atoms with Crippen molar-refractivity contribution in [2.24, 2.45) is 4.99 Å². The number of hydrogen-bond acceptors (Lipinski definition) is 5. The van der Waals surface area contributed by atoms with E-state index in [-0.39, 0.29) is 64.4 Å². The standard InChI is InChI=1S/C25H46N2O3.K/c1-2-3-4-5-6-7-8-9-10-11-12-13-14-15-16-17-24-26-19-20-27(24)21-23-30-22-18-25(28)29;/h9-10H,2-8,11-23H2,1H3,(H,28,29);/q;+1/p-1. The molecule has 0 aromatic carbocycles. The molecule has 0 fully saturated rings. The maximum absolute atomic E-state index is 10.4.